The summed E-state index contributed by atoms with van der Waals surface area (Å²) < 4.78 is 5.65. The number of thioether (sulfide) groups is 1. The summed E-state index contributed by atoms with van der Waals surface area (Å²) in [5.41, 5.74) is 0. The van der Waals surface area contributed by atoms with Crippen LogP contribution in [0.3, 0.4) is 0 Å². The van der Waals surface area contributed by atoms with Crippen LogP contribution in [0.25, 0.3) is 0 Å². The van der Waals surface area contributed by atoms with Gasteiger partial charge in [0.2, 0.25) is 0 Å². The Bertz CT molecular complexity index is 176. The first-order valence-electron chi connectivity index (χ1n) is 6.31. The van der Waals surface area contributed by atoms with Crippen LogP contribution in [-0.2, 0) is 4.74 Å². The van der Waals surface area contributed by atoms with Gasteiger partial charge in [-0.3, -0.25) is 0 Å². The van der Waals surface area contributed by atoms with Crippen molar-refractivity contribution in [3.63, 3.8) is 0 Å². The molecule has 15 heavy (non-hydrogen) atoms. The Balaban J connectivity index is 1.57. The molecule has 1 N–H and O–H groups in total. The van der Waals surface area contributed by atoms with E-state index in [1.807, 2.05) is 0 Å². The smallest absolute Gasteiger partial charge is 0.0590 e. The molecule has 2 rings (SSSR count). The minimum atomic E-state index is 0.531. The molecule has 2 nitrogen and oxygen atoms in total. The molecule has 3 heteroatoms. The molecule has 2 aliphatic rings. The molecule has 2 saturated heterocycles. The predicted molar refractivity (Wildman–Crippen MR) is 66.5 cm³/mol. The zero-order chi connectivity index (χ0) is 10.5. The topological polar surface area (TPSA) is 21.3 Å². The summed E-state index contributed by atoms with van der Waals surface area (Å²) >= 11 is 2.13. The lowest BCUT2D eigenvalue weighted by Crippen LogP contribution is -2.34. The Hall–Kier alpha value is 0.270. The second kappa shape index (κ2) is 6.12. The Labute approximate surface area is 97.5 Å². The van der Waals surface area contributed by atoms with E-state index in [-0.39, 0.29) is 0 Å². The Morgan fingerprint density at radius 1 is 1.40 bits per heavy atom. The summed E-state index contributed by atoms with van der Waals surface area (Å²) in [4.78, 5) is 0. The molecule has 0 saturated carbocycles. The monoisotopic (exact) mass is 229 g/mol. The predicted octanol–water partition coefficient (Wildman–Crippen LogP) is 2.43. The first-order valence-corrected chi connectivity index (χ1v) is 7.36. The van der Waals surface area contributed by atoms with Crippen LogP contribution in [0.15, 0.2) is 0 Å². The van der Waals surface area contributed by atoms with Crippen molar-refractivity contribution in [2.24, 2.45) is 0 Å². The molecule has 0 amide bonds. The van der Waals surface area contributed by atoms with Gasteiger partial charge in [-0.25, -0.2) is 0 Å². The molecular weight excluding hydrogens is 206 g/mol. The highest BCUT2D eigenvalue weighted by Crippen LogP contribution is 2.25. The molecule has 0 spiro atoms. The Kier molecular flexibility index (Phi) is 4.79. The second-order valence-electron chi connectivity index (χ2n) is 4.82. The zero-order valence-corrected chi connectivity index (χ0v) is 10.5. The molecule has 0 radical (unpaired) electrons. The number of ether oxygens (including phenoxy) is 1. The van der Waals surface area contributed by atoms with E-state index in [9.17, 15) is 0 Å². The summed E-state index contributed by atoms with van der Waals surface area (Å²) in [5.74, 6) is 1.37. The van der Waals surface area contributed by atoms with Gasteiger partial charge >= 0.3 is 0 Å². The minimum Gasteiger partial charge on any atom is -0.378 e. The van der Waals surface area contributed by atoms with Gasteiger partial charge in [0, 0.05) is 24.4 Å². The number of hydrogen-bond acceptors (Lipinski definition) is 3. The minimum absolute atomic E-state index is 0.531. The lowest BCUT2D eigenvalue weighted by Gasteiger charge is -2.19. The second-order valence-corrected chi connectivity index (χ2v) is 6.22. The summed E-state index contributed by atoms with van der Waals surface area (Å²) in [5, 5.41) is 4.52. The van der Waals surface area contributed by atoms with Crippen LogP contribution in [0.4, 0.5) is 0 Å². The summed E-state index contributed by atoms with van der Waals surface area (Å²) in [6.07, 6.45) is 7.07. The normalized spacial score (nSPS) is 33.4. The SMILES string of the molecule is CC(CC1CCCO1)NCC1CCCS1. The van der Waals surface area contributed by atoms with Gasteiger partial charge in [-0.2, -0.15) is 11.8 Å². The molecule has 2 aliphatic heterocycles. The van der Waals surface area contributed by atoms with Crippen molar-refractivity contribution in [1.82, 2.24) is 5.32 Å². The maximum Gasteiger partial charge on any atom is 0.0590 e. The third-order valence-electron chi connectivity index (χ3n) is 3.36. The molecule has 2 fully saturated rings. The molecule has 0 aromatic rings. The van der Waals surface area contributed by atoms with E-state index in [4.69, 9.17) is 4.74 Å². The maximum absolute atomic E-state index is 5.65. The number of hydrogen-bond donors (Lipinski definition) is 1. The third-order valence-corrected chi connectivity index (χ3v) is 4.76. The fourth-order valence-electron chi connectivity index (χ4n) is 2.45. The van der Waals surface area contributed by atoms with Crippen molar-refractivity contribution in [2.45, 2.75) is 56.4 Å². The van der Waals surface area contributed by atoms with Crippen molar-refractivity contribution in [3.8, 4) is 0 Å². The van der Waals surface area contributed by atoms with Crippen LogP contribution in [0.2, 0.25) is 0 Å². The van der Waals surface area contributed by atoms with Crippen LogP contribution in [0.5, 0.6) is 0 Å². The maximum atomic E-state index is 5.65. The fourth-order valence-corrected chi connectivity index (χ4v) is 3.66. The van der Waals surface area contributed by atoms with Gasteiger partial charge in [0.15, 0.2) is 0 Å². The third kappa shape index (κ3) is 3.97. The highest BCUT2D eigenvalue weighted by molar-refractivity contribution is 8.00. The standard InChI is InChI=1S/C12H23NOS/c1-10(8-11-4-2-6-14-11)13-9-12-5-3-7-15-12/h10-13H,2-9H2,1H3. The van der Waals surface area contributed by atoms with Gasteiger partial charge in [0.05, 0.1) is 6.10 Å². The average Bonchev–Trinajstić information content (AvgIpc) is 2.86. The van der Waals surface area contributed by atoms with Crippen LogP contribution < -0.4 is 5.32 Å². The van der Waals surface area contributed by atoms with Crippen molar-refractivity contribution in [1.29, 1.82) is 0 Å². The number of rotatable bonds is 5. The van der Waals surface area contributed by atoms with E-state index in [2.05, 4.69) is 24.0 Å². The van der Waals surface area contributed by atoms with Crippen LogP contribution in [-0.4, -0.2) is 36.3 Å². The highest BCUT2D eigenvalue weighted by atomic mass is 32.2. The van der Waals surface area contributed by atoms with E-state index in [1.165, 1.54) is 44.4 Å². The van der Waals surface area contributed by atoms with E-state index in [1.54, 1.807) is 0 Å². The molecule has 88 valence electrons. The Morgan fingerprint density at radius 3 is 3.00 bits per heavy atom. The quantitative estimate of drug-likeness (QED) is 0.782. The first kappa shape index (κ1) is 11.7. The van der Waals surface area contributed by atoms with Crippen LogP contribution >= 0.6 is 11.8 Å². The summed E-state index contributed by atoms with van der Waals surface area (Å²) in [6.45, 7) is 4.47. The van der Waals surface area contributed by atoms with Crippen LogP contribution in [0, 0.1) is 0 Å². The van der Waals surface area contributed by atoms with Gasteiger partial charge < -0.3 is 10.1 Å². The van der Waals surface area contributed by atoms with E-state index in [0.29, 0.717) is 12.1 Å². The van der Waals surface area contributed by atoms with Gasteiger partial charge in [-0.1, -0.05) is 0 Å². The molecular formula is C12H23NOS. The van der Waals surface area contributed by atoms with E-state index in [0.717, 1.165) is 11.9 Å². The lowest BCUT2D eigenvalue weighted by molar-refractivity contribution is 0.0964. The number of nitrogens with one attached hydrogen (secondary N) is 1. The van der Waals surface area contributed by atoms with Gasteiger partial charge in [0.25, 0.3) is 0 Å². The highest BCUT2D eigenvalue weighted by Gasteiger charge is 2.20. The van der Waals surface area contributed by atoms with Gasteiger partial charge in [0.1, 0.15) is 0 Å². The van der Waals surface area contributed by atoms with Crippen molar-refractivity contribution >= 4 is 11.8 Å². The first-order chi connectivity index (χ1) is 7.34. The molecule has 2 heterocycles. The van der Waals surface area contributed by atoms with E-state index < -0.39 is 0 Å². The molecule has 3 unspecified atom stereocenters. The molecule has 3 atom stereocenters. The average molecular weight is 229 g/mol. The van der Waals surface area contributed by atoms with Crippen molar-refractivity contribution in [2.75, 3.05) is 18.9 Å². The molecule has 0 aromatic carbocycles. The fraction of sp³-hybridized carbons (Fsp3) is 1.00. The van der Waals surface area contributed by atoms with Crippen LogP contribution in [0.1, 0.15) is 39.0 Å². The molecule has 0 bridgehead atoms. The molecule has 0 aromatic heterocycles. The molecule has 0 aliphatic carbocycles. The van der Waals surface area contributed by atoms with Crippen molar-refractivity contribution in [3.05, 3.63) is 0 Å². The zero-order valence-electron chi connectivity index (χ0n) is 9.71. The Morgan fingerprint density at radius 2 is 2.33 bits per heavy atom. The summed E-state index contributed by atoms with van der Waals surface area (Å²) in [6, 6.07) is 0.620. The summed E-state index contributed by atoms with van der Waals surface area (Å²) in [7, 11) is 0. The van der Waals surface area contributed by atoms with E-state index >= 15 is 0 Å². The largest absolute Gasteiger partial charge is 0.378 e. The van der Waals surface area contributed by atoms with Gasteiger partial charge in [-0.05, 0) is 44.8 Å². The van der Waals surface area contributed by atoms with Gasteiger partial charge in [-0.15, -0.1) is 0 Å². The lowest BCUT2D eigenvalue weighted by atomic mass is 10.1. The van der Waals surface area contributed by atoms with Crippen molar-refractivity contribution < 1.29 is 4.74 Å².